The Bertz CT molecular complexity index is 1130. The van der Waals surface area contributed by atoms with E-state index in [2.05, 4.69) is 16.3 Å². The van der Waals surface area contributed by atoms with Crippen molar-refractivity contribution in [2.75, 3.05) is 0 Å². The average Bonchev–Trinajstić information content (AvgIpc) is 3.43. The van der Waals surface area contributed by atoms with E-state index in [-0.39, 0.29) is 0 Å². The Kier molecular flexibility index (Phi) is 6.16. The van der Waals surface area contributed by atoms with Crippen molar-refractivity contribution in [2.45, 2.75) is 31.0 Å². The molecule has 0 radical (unpaired) electrons. The standard InChI is InChI=1S/C23H20N4O2S/c1-17-4-10-20(11-5-17)29-15-22-25-26-23(27(22)14-21-3-2-12-28-21)30-16-19-8-6-18(13-24)7-9-19/h2-12H,14-16H2,1H3. The van der Waals surface area contributed by atoms with Gasteiger partial charge in [-0.15, -0.1) is 10.2 Å². The van der Waals surface area contributed by atoms with E-state index >= 15 is 0 Å². The van der Waals surface area contributed by atoms with Gasteiger partial charge in [-0.3, -0.25) is 4.57 Å². The summed E-state index contributed by atoms with van der Waals surface area (Å²) in [5.41, 5.74) is 2.95. The number of furan rings is 1. The number of rotatable bonds is 8. The van der Waals surface area contributed by atoms with Crippen LogP contribution in [-0.2, 0) is 18.9 Å². The minimum absolute atomic E-state index is 0.314. The van der Waals surface area contributed by atoms with Crippen LogP contribution < -0.4 is 4.74 Å². The lowest BCUT2D eigenvalue weighted by Crippen LogP contribution is -2.09. The molecule has 0 bridgehead atoms. The van der Waals surface area contributed by atoms with Gasteiger partial charge in [0.25, 0.3) is 0 Å². The number of nitriles is 1. The summed E-state index contributed by atoms with van der Waals surface area (Å²) in [7, 11) is 0. The van der Waals surface area contributed by atoms with Crippen molar-refractivity contribution in [3.05, 3.63) is 95.2 Å². The van der Waals surface area contributed by atoms with Crippen molar-refractivity contribution in [3.8, 4) is 11.8 Å². The van der Waals surface area contributed by atoms with Gasteiger partial charge >= 0.3 is 0 Å². The van der Waals surface area contributed by atoms with E-state index in [1.165, 1.54) is 5.56 Å². The molecule has 30 heavy (non-hydrogen) atoms. The molecule has 0 N–H and O–H groups in total. The van der Waals surface area contributed by atoms with Crippen LogP contribution in [0, 0.1) is 18.3 Å². The number of hydrogen-bond acceptors (Lipinski definition) is 6. The van der Waals surface area contributed by atoms with Gasteiger partial charge in [0.2, 0.25) is 0 Å². The van der Waals surface area contributed by atoms with Gasteiger partial charge in [-0.05, 0) is 48.9 Å². The molecule has 0 saturated carbocycles. The van der Waals surface area contributed by atoms with E-state index in [4.69, 9.17) is 14.4 Å². The summed E-state index contributed by atoms with van der Waals surface area (Å²) in [6.07, 6.45) is 1.66. The minimum atomic E-state index is 0.314. The topological polar surface area (TPSA) is 76.9 Å². The van der Waals surface area contributed by atoms with Crippen molar-refractivity contribution in [1.29, 1.82) is 5.26 Å². The SMILES string of the molecule is Cc1ccc(OCc2nnc(SCc3ccc(C#N)cc3)n2Cc2ccco2)cc1. The van der Waals surface area contributed by atoms with Crippen molar-refractivity contribution in [2.24, 2.45) is 0 Å². The molecule has 7 heteroatoms. The first-order chi connectivity index (χ1) is 14.7. The summed E-state index contributed by atoms with van der Waals surface area (Å²) >= 11 is 1.59. The first-order valence-electron chi connectivity index (χ1n) is 9.47. The van der Waals surface area contributed by atoms with Gasteiger partial charge < -0.3 is 9.15 Å². The molecule has 150 valence electrons. The number of ether oxygens (including phenoxy) is 1. The molecular weight excluding hydrogens is 396 g/mol. The monoisotopic (exact) mass is 416 g/mol. The molecule has 2 aromatic heterocycles. The Morgan fingerprint density at radius 2 is 1.87 bits per heavy atom. The lowest BCUT2D eigenvalue weighted by atomic mass is 10.2. The molecule has 2 heterocycles. The fraction of sp³-hybridized carbons (Fsp3) is 0.174. The summed E-state index contributed by atoms with van der Waals surface area (Å²) in [6.45, 7) is 2.89. The summed E-state index contributed by atoms with van der Waals surface area (Å²) in [5, 5.41) is 18.5. The maximum atomic E-state index is 8.95. The zero-order chi connectivity index (χ0) is 20.8. The molecule has 0 saturated heterocycles. The van der Waals surface area contributed by atoms with E-state index in [9.17, 15) is 0 Å². The number of thioether (sulfide) groups is 1. The van der Waals surface area contributed by atoms with Gasteiger partial charge in [0.1, 0.15) is 18.1 Å². The van der Waals surface area contributed by atoms with E-state index < -0.39 is 0 Å². The Hall–Kier alpha value is -3.50. The summed E-state index contributed by atoms with van der Waals surface area (Å²) in [4.78, 5) is 0. The zero-order valence-corrected chi connectivity index (χ0v) is 17.3. The lowest BCUT2D eigenvalue weighted by molar-refractivity contribution is 0.287. The van der Waals surface area contributed by atoms with Crippen molar-refractivity contribution >= 4 is 11.8 Å². The number of aromatic nitrogens is 3. The minimum Gasteiger partial charge on any atom is -0.486 e. The highest BCUT2D eigenvalue weighted by molar-refractivity contribution is 7.98. The lowest BCUT2D eigenvalue weighted by Gasteiger charge is -2.10. The van der Waals surface area contributed by atoms with Crippen LogP contribution in [0.1, 0.15) is 28.3 Å². The second-order valence-corrected chi connectivity index (χ2v) is 7.71. The molecule has 0 unspecified atom stereocenters. The van der Waals surface area contributed by atoms with Crippen LogP contribution in [0.3, 0.4) is 0 Å². The number of nitrogens with zero attached hydrogens (tertiary/aromatic N) is 4. The van der Waals surface area contributed by atoms with Gasteiger partial charge in [-0.2, -0.15) is 5.26 Å². The van der Waals surface area contributed by atoms with Crippen LogP contribution >= 0.6 is 11.8 Å². The molecule has 0 aliphatic carbocycles. The Labute approximate surface area is 179 Å². The highest BCUT2D eigenvalue weighted by atomic mass is 32.2. The van der Waals surface area contributed by atoms with Crippen LogP contribution in [0.25, 0.3) is 0 Å². The van der Waals surface area contributed by atoms with E-state index in [1.54, 1.807) is 18.0 Å². The van der Waals surface area contributed by atoms with E-state index in [1.807, 2.05) is 72.2 Å². The van der Waals surface area contributed by atoms with Gasteiger partial charge in [0.15, 0.2) is 11.0 Å². The molecule has 0 aliphatic rings. The normalized spacial score (nSPS) is 10.7. The maximum absolute atomic E-state index is 8.95. The quantitative estimate of drug-likeness (QED) is 0.377. The van der Waals surface area contributed by atoms with Crippen molar-refractivity contribution in [1.82, 2.24) is 14.8 Å². The van der Waals surface area contributed by atoms with Gasteiger partial charge in [-0.25, -0.2) is 0 Å². The molecule has 4 aromatic rings. The Balaban J connectivity index is 1.50. The highest BCUT2D eigenvalue weighted by Crippen LogP contribution is 2.24. The van der Waals surface area contributed by atoms with Gasteiger partial charge in [0.05, 0.1) is 24.4 Å². The second kappa shape index (κ2) is 9.33. The number of aryl methyl sites for hydroxylation is 1. The predicted octanol–water partition coefficient (Wildman–Crippen LogP) is 4.97. The van der Waals surface area contributed by atoms with Crippen molar-refractivity contribution < 1.29 is 9.15 Å². The van der Waals surface area contributed by atoms with Crippen molar-refractivity contribution in [3.63, 3.8) is 0 Å². The molecule has 0 fully saturated rings. The Morgan fingerprint density at radius 1 is 1.07 bits per heavy atom. The fourth-order valence-corrected chi connectivity index (χ4v) is 3.77. The third kappa shape index (κ3) is 4.91. The molecule has 4 rings (SSSR count). The predicted molar refractivity (Wildman–Crippen MR) is 114 cm³/mol. The summed E-state index contributed by atoms with van der Waals surface area (Å²) in [6, 6.07) is 21.4. The third-order valence-electron chi connectivity index (χ3n) is 4.53. The Morgan fingerprint density at radius 3 is 2.57 bits per heavy atom. The van der Waals surface area contributed by atoms with Gasteiger partial charge in [0, 0.05) is 5.75 Å². The third-order valence-corrected chi connectivity index (χ3v) is 5.57. The second-order valence-electron chi connectivity index (χ2n) is 6.76. The molecule has 0 atom stereocenters. The fourth-order valence-electron chi connectivity index (χ4n) is 2.86. The first kappa shape index (κ1) is 19.8. The van der Waals surface area contributed by atoms with Crippen LogP contribution in [-0.4, -0.2) is 14.8 Å². The average molecular weight is 417 g/mol. The maximum Gasteiger partial charge on any atom is 0.192 e. The van der Waals surface area contributed by atoms with Crippen LogP contribution in [0.5, 0.6) is 5.75 Å². The van der Waals surface area contributed by atoms with Crippen LogP contribution in [0.2, 0.25) is 0 Å². The largest absolute Gasteiger partial charge is 0.486 e. The van der Waals surface area contributed by atoms with E-state index in [0.717, 1.165) is 33.8 Å². The molecular formula is C23H20N4O2S. The summed E-state index contributed by atoms with van der Waals surface area (Å²) in [5.74, 6) is 3.07. The number of benzene rings is 2. The molecule has 6 nitrogen and oxygen atoms in total. The first-order valence-corrected chi connectivity index (χ1v) is 10.5. The smallest absolute Gasteiger partial charge is 0.192 e. The van der Waals surface area contributed by atoms with Gasteiger partial charge in [-0.1, -0.05) is 41.6 Å². The van der Waals surface area contributed by atoms with Crippen LogP contribution in [0.4, 0.5) is 0 Å². The number of hydrogen-bond donors (Lipinski definition) is 0. The molecule has 2 aromatic carbocycles. The highest BCUT2D eigenvalue weighted by Gasteiger charge is 2.15. The molecule has 0 amide bonds. The summed E-state index contributed by atoms with van der Waals surface area (Å²) < 4.78 is 13.5. The van der Waals surface area contributed by atoms with E-state index in [0.29, 0.717) is 18.7 Å². The zero-order valence-electron chi connectivity index (χ0n) is 16.5. The molecule has 0 spiro atoms. The van der Waals surface area contributed by atoms with Crippen LogP contribution in [0.15, 0.2) is 76.5 Å². The molecule has 0 aliphatic heterocycles.